The molecule has 0 bridgehead atoms. The van der Waals surface area contributed by atoms with Crippen LogP contribution in [0.2, 0.25) is 0 Å². The first-order valence-electron chi connectivity index (χ1n) is 8.19. The number of aliphatic carboxylic acids is 1. The minimum Gasteiger partial charge on any atom is -0.495 e. The standard InChI is InChI=1S/C17H25NO6S/c1-10(2)12-8-16(15(24-4)7-11(12)3)25(22,23)18-6-5-14(19)13(9-18)17(20)21/h7-8,10,13-14,19H,5-6,9H2,1-4H3,(H,20,21). The summed E-state index contributed by atoms with van der Waals surface area (Å²) >= 11 is 0. The van der Waals surface area contributed by atoms with E-state index in [9.17, 15) is 23.4 Å². The normalized spacial score (nSPS) is 22.2. The van der Waals surface area contributed by atoms with Gasteiger partial charge in [-0.15, -0.1) is 0 Å². The first kappa shape index (κ1) is 19.7. The first-order valence-corrected chi connectivity index (χ1v) is 9.63. The molecule has 2 rings (SSSR count). The Morgan fingerprint density at radius 1 is 1.36 bits per heavy atom. The zero-order valence-corrected chi connectivity index (χ0v) is 15.7. The number of methoxy groups -OCH3 is 1. The van der Waals surface area contributed by atoms with E-state index in [0.29, 0.717) is 0 Å². The Kier molecular flexibility index (Phi) is 5.75. The fraction of sp³-hybridized carbons (Fsp3) is 0.588. The van der Waals surface area contributed by atoms with Gasteiger partial charge in [-0.2, -0.15) is 4.31 Å². The maximum absolute atomic E-state index is 13.1. The second-order valence-corrected chi connectivity index (χ2v) is 8.58. The zero-order chi connectivity index (χ0) is 18.9. The molecule has 8 heteroatoms. The maximum Gasteiger partial charge on any atom is 0.310 e. The lowest BCUT2D eigenvalue weighted by Crippen LogP contribution is -2.48. The molecule has 25 heavy (non-hydrogen) atoms. The van der Waals surface area contributed by atoms with Crippen molar-refractivity contribution >= 4 is 16.0 Å². The van der Waals surface area contributed by atoms with Crippen molar-refractivity contribution in [3.8, 4) is 5.75 Å². The van der Waals surface area contributed by atoms with Crippen LogP contribution in [0.15, 0.2) is 17.0 Å². The molecule has 2 atom stereocenters. The van der Waals surface area contributed by atoms with E-state index in [1.54, 1.807) is 12.1 Å². The molecule has 0 saturated carbocycles. The molecule has 140 valence electrons. The van der Waals surface area contributed by atoms with Gasteiger partial charge in [0.15, 0.2) is 0 Å². The number of sulfonamides is 1. The van der Waals surface area contributed by atoms with Gasteiger partial charge in [0.1, 0.15) is 10.6 Å². The van der Waals surface area contributed by atoms with Crippen molar-refractivity contribution in [2.24, 2.45) is 5.92 Å². The van der Waals surface area contributed by atoms with Crippen LogP contribution >= 0.6 is 0 Å². The number of piperidine rings is 1. The van der Waals surface area contributed by atoms with Crippen molar-refractivity contribution in [1.29, 1.82) is 0 Å². The number of nitrogens with zero attached hydrogens (tertiary/aromatic N) is 1. The lowest BCUT2D eigenvalue weighted by molar-refractivity contribution is -0.147. The van der Waals surface area contributed by atoms with Gasteiger partial charge in [0.25, 0.3) is 0 Å². The van der Waals surface area contributed by atoms with E-state index < -0.39 is 28.0 Å². The highest BCUT2D eigenvalue weighted by atomic mass is 32.2. The van der Waals surface area contributed by atoms with Gasteiger partial charge in [-0.25, -0.2) is 8.42 Å². The number of carboxylic acids is 1. The van der Waals surface area contributed by atoms with Crippen LogP contribution in [0.1, 0.15) is 37.3 Å². The molecule has 1 aromatic carbocycles. The molecule has 1 aliphatic heterocycles. The summed E-state index contributed by atoms with van der Waals surface area (Å²) in [5.74, 6) is -1.97. The number of carboxylic acid groups (broad SMARTS) is 1. The minimum atomic E-state index is -3.93. The Morgan fingerprint density at radius 3 is 2.52 bits per heavy atom. The highest BCUT2D eigenvalue weighted by Gasteiger charge is 2.39. The maximum atomic E-state index is 13.1. The van der Waals surface area contributed by atoms with E-state index in [0.717, 1.165) is 15.4 Å². The average molecular weight is 371 g/mol. The van der Waals surface area contributed by atoms with Crippen LogP contribution in [0.25, 0.3) is 0 Å². The largest absolute Gasteiger partial charge is 0.495 e. The third-order valence-electron chi connectivity index (χ3n) is 4.65. The van der Waals surface area contributed by atoms with Crippen LogP contribution in [0, 0.1) is 12.8 Å². The second kappa shape index (κ2) is 7.31. The summed E-state index contributed by atoms with van der Waals surface area (Å²) in [5.41, 5.74) is 1.83. The van der Waals surface area contributed by atoms with Gasteiger partial charge in [-0.1, -0.05) is 13.8 Å². The van der Waals surface area contributed by atoms with E-state index in [1.807, 2.05) is 20.8 Å². The van der Waals surface area contributed by atoms with Gasteiger partial charge in [-0.05, 0) is 42.5 Å². The minimum absolute atomic E-state index is 0.0322. The molecule has 7 nitrogen and oxygen atoms in total. The van der Waals surface area contributed by atoms with E-state index in [2.05, 4.69) is 0 Å². The van der Waals surface area contributed by atoms with Gasteiger partial charge < -0.3 is 14.9 Å². The Labute approximate surface area is 148 Å². The van der Waals surface area contributed by atoms with Crippen molar-refractivity contribution in [2.75, 3.05) is 20.2 Å². The molecule has 0 aromatic heterocycles. The van der Waals surface area contributed by atoms with Crippen molar-refractivity contribution in [3.05, 3.63) is 23.3 Å². The molecule has 1 aliphatic rings. The van der Waals surface area contributed by atoms with Gasteiger partial charge in [0, 0.05) is 13.1 Å². The Morgan fingerprint density at radius 2 is 2.00 bits per heavy atom. The summed E-state index contributed by atoms with van der Waals surface area (Å²) in [6, 6.07) is 3.30. The van der Waals surface area contributed by atoms with Gasteiger partial charge >= 0.3 is 5.97 Å². The van der Waals surface area contributed by atoms with Gasteiger partial charge in [0.05, 0.1) is 19.1 Å². The predicted octanol–water partition coefficient (Wildman–Crippen LogP) is 1.58. The van der Waals surface area contributed by atoms with Crippen LogP contribution in [-0.4, -0.2) is 55.2 Å². The van der Waals surface area contributed by atoms with Crippen LogP contribution in [0.4, 0.5) is 0 Å². The number of ether oxygens (including phenoxy) is 1. The van der Waals surface area contributed by atoms with Gasteiger partial charge in [0.2, 0.25) is 10.0 Å². The number of aryl methyl sites for hydroxylation is 1. The highest BCUT2D eigenvalue weighted by molar-refractivity contribution is 7.89. The summed E-state index contributed by atoms with van der Waals surface area (Å²) in [6.07, 6.45) is -0.961. The lowest BCUT2D eigenvalue weighted by Gasteiger charge is -2.33. The van der Waals surface area contributed by atoms with E-state index in [1.165, 1.54) is 7.11 Å². The predicted molar refractivity (Wildman–Crippen MR) is 92.3 cm³/mol. The number of hydrogen-bond donors (Lipinski definition) is 2. The quantitative estimate of drug-likeness (QED) is 0.814. The van der Waals surface area contributed by atoms with Crippen molar-refractivity contribution in [3.63, 3.8) is 0 Å². The summed E-state index contributed by atoms with van der Waals surface area (Å²) in [5, 5.41) is 19.0. The molecule has 1 aromatic rings. The van der Waals surface area contributed by atoms with Crippen LogP contribution in [0.3, 0.4) is 0 Å². The zero-order valence-electron chi connectivity index (χ0n) is 14.9. The average Bonchev–Trinajstić information content (AvgIpc) is 2.53. The molecular weight excluding hydrogens is 346 g/mol. The molecule has 0 aliphatic carbocycles. The molecular formula is C17H25NO6S. The third-order valence-corrected chi connectivity index (χ3v) is 6.53. The number of carbonyl (C=O) groups is 1. The van der Waals surface area contributed by atoms with Crippen LogP contribution in [0.5, 0.6) is 5.75 Å². The molecule has 0 amide bonds. The lowest BCUT2D eigenvalue weighted by atomic mass is 9.96. The molecule has 0 spiro atoms. The van der Waals surface area contributed by atoms with Crippen molar-refractivity contribution < 1.29 is 28.2 Å². The fourth-order valence-corrected chi connectivity index (χ4v) is 4.82. The Balaban J connectivity index is 2.49. The van der Waals surface area contributed by atoms with Crippen molar-refractivity contribution in [2.45, 2.75) is 44.1 Å². The van der Waals surface area contributed by atoms with Gasteiger partial charge in [-0.3, -0.25) is 4.79 Å². The molecule has 2 N–H and O–H groups in total. The first-order chi connectivity index (χ1) is 11.6. The number of aliphatic hydroxyl groups excluding tert-OH is 1. The molecule has 2 unspecified atom stereocenters. The third kappa shape index (κ3) is 3.80. The summed E-state index contributed by atoms with van der Waals surface area (Å²) in [4.78, 5) is 11.3. The molecule has 1 fully saturated rings. The highest BCUT2D eigenvalue weighted by Crippen LogP contribution is 2.34. The number of aliphatic hydroxyl groups is 1. The van der Waals surface area contributed by atoms with Crippen LogP contribution < -0.4 is 4.74 Å². The summed E-state index contributed by atoms with van der Waals surface area (Å²) < 4.78 is 32.6. The number of rotatable bonds is 5. The monoisotopic (exact) mass is 371 g/mol. The SMILES string of the molecule is COc1cc(C)c(C(C)C)cc1S(=O)(=O)N1CCC(O)C(C(=O)O)C1. The number of benzene rings is 1. The van der Waals surface area contributed by atoms with E-state index in [4.69, 9.17) is 4.74 Å². The molecule has 1 heterocycles. The number of hydrogen-bond acceptors (Lipinski definition) is 5. The summed E-state index contributed by atoms with van der Waals surface area (Å²) in [6.45, 7) is 5.66. The Bertz CT molecular complexity index is 759. The van der Waals surface area contributed by atoms with E-state index in [-0.39, 0.29) is 36.1 Å². The fourth-order valence-electron chi connectivity index (χ4n) is 3.17. The molecule has 1 saturated heterocycles. The summed E-state index contributed by atoms with van der Waals surface area (Å²) in [7, 11) is -2.53. The topological polar surface area (TPSA) is 104 Å². The molecule has 0 radical (unpaired) electrons. The second-order valence-electron chi connectivity index (χ2n) is 6.68. The van der Waals surface area contributed by atoms with Crippen molar-refractivity contribution in [1.82, 2.24) is 4.31 Å². The smallest absolute Gasteiger partial charge is 0.310 e. The van der Waals surface area contributed by atoms with Crippen LogP contribution in [-0.2, 0) is 14.8 Å². The Hall–Kier alpha value is -1.64. The van der Waals surface area contributed by atoms with E-state index >= 15 is 0 Å².